The van der Waals surface area contributed by atoms with Gasteiger partial charge in [-0.1, -0.05) is 30.3 Å². The van der Waals surface area contributed by atoms with Crippen molar-refractivity contribution in [2.24, 2.45) is 0 Å². The predicted molar refractivity (Wildman–Crippen MR) is 66.8 cm³/mol. The quantitative estimate of drug-likeness (QED) is 0.853. The molecule has 0 fully saturated rings. The van der Waals surface area contributed by atoms with Crippen molar-refractivity contribution in [2.75, 3.05) is 0 Å². The van der Waals surface area contributed by atoms with Crippen molar-refractivity contribution in [1.82, 2.24) is 14.9 Å². The van der Waals surface area contributed by atoms with Gasteiger partial charge in [-0.15, -0.1) is 0 Å². The van der Waals surface area contributed by atoms with Crippen molar-refractivity contribution in [1.29, 1.82) is 0 Å². The van der Waals surface area contributed by atoms with E-state index in [0.29, 0.717) is 6.54 Å². The van der Waals surface area contributed by atoms with Gasteiger partial charge in [0.15, 0.2) is 0 Å². The lowest BCUT2D eigenvalue weighted by molar-refractivity contribution is -0.121. The van der Waals surface area contributed by atoms with E-state index in [-0.39, 0.29) is 18.0 Å². The zero-order valence-corrected chi connectivity index (χ0v) is 9.74. The zero-order valence-electron chi connectivity index (χ0n) is 9.74. The molecule has 2 rings (SSSR count). The van der Waals surface area contributed by atoms with E-state index >= 15 is 0 Å². The molecular formula is C13H13N3O2. The SMILES string of the molecule is O=C(Cn1cnccc1=O)NCc1ccccc1. The fourth-order valence-electron chi connectivity index (χ4n) is 1.50. The fraction of sp³-hybridized carbons (Fsp3) is 0.154. The van der Waals surface area contributed by atoms with Crippen LogP contribution in [0.4, 0.5) is 0 Å². The van der Waals surface area contributed by atoms with Crippen molar-refractivity contribution >= 4 is 5.91 Å². The second kappa shape index (κ2) is 5.77. The van der Waals surface area contributed by atoms with Crippen molar-refractivity contribution in [3.8, 4) is 0 Å². The molecule has 1 aromatic carbocycles. The van der Waals surface area contributed by atoms with Crippen LogP contribution in [0.5, 0.6) is 0 Å². The van der Waals surface area contributed by atoms with Crippen LogP contribution < -0.4 is 10.9 Å². The number of aromatic nitrogens is 2. The maximum absolute atomic E-state index is 11.6. The molecule has 1 heterocycles. The van der Waals surface area contributed by atoms with E-state index in [1.165, 1.54) is 23.2 Å². The van der Waals surface area contributed by atoms with E-state index in [4.69, 9.17) is 0 Å². The fourth-order valence-corrected chi connectivity index (χ4v) is 1.50. The molecule has 1 aromatic heterocycles. The highest BCUT2D eigenvalue weighted by Crippen LogP contribution is 1.96. The molecule has 0 saturated heterocycles. The standard InChI is InChI=1S/C13H13N3O2/c17-12(9-16-10-14-7-6-13(16)18)15-8-11-4-2-1-3-5-11/h1-7,10H,8-9H2,(H,15,17). The van der Waals surface area contributed by atoms with E-state index < -0.39 is 0 Å². The molecule has 2 aromatic rings. The number of benzene rings is 1. The third-order valence-corrected chi connectivity index (χ3v) is 2.44. The van der Waals surface area contributed by atoms with Gasteiger partial charge < -0.3 is 5.32 Å². The summed E-state index contributed by atoms with van der Waals surface area (Å²) in [7, 11) is 0. The summed E-state index contributed by atoms with van der Waals surface area (Å²) in [5.41, 5.74) is 0.782. The normalized spacial score (nSPS) is 10.0. The first-order valence-electron chi connectivity index (χ1n) is 5.57. The van der Waals surface area contributed by atoms with E-state index in [1.54, 1.807) is 0 Å². The zero-order chi connectivity index (χ0) is 12.8. The van der Waals surface area contributed by atoms with Gasteiger partial charge >= 0.3 is 0 Å². The summed E-state index contributed by atoms with van der Waals surface area (Å²) in [5.74, 6) is -0.214. The number of hydrogen-bond acceptors (Lipinski definition) is 3. The van der Waals surface area contributed by atoms with Gasteiger partial charge in [0.2, 0.25) is 5.91 Å². The monoisotopic (exact) mass is 243 g/mol. The molecule has 0 unspecified atom stereocenters. The van der Waals surface area contributed by atoms with Crippen LogP contribution >= 0.6 is 0 Å². The van der Waals surface area contributed by atoms with Crippen LogP contribution in [0.1, 0.15) is 5.56 Å². The molecule has 0 aliphatic heterocycles. The van der Waals surface area contributed by atoms with Crippen LogP contribution in [0.15, 0.2) is 53.7 Å². The van der Waals surface area contributed by atoms with Crippen molar-refractivity contribution in [3.05, 3.63) is 64.8 Å². The van der Waals surface area contributed by atoms with Gasteiger partial charge in [-0.3, -0.25) is 14.2 Å². The Hall–Kier alpha value is -2.43. The van der Waals surface area contributed by atoms with Gasteiger partial charge in [0, 0.05) is 18.8 Å². The summed E-state index contributed by atoms with van der Waals surface area (Å²) in [6.45, 7) is 0.439. The number of nitrogens with zero attached hydrogens (tertiary/aromatic N) is 2. The molecule has 5 nitrogen and oxygen atoms in total. The van der Waals surface area contributed by atoms with Crippen LogP contribution in [0.2, 0.25) is 0 Å². The Morgan fingerprint density at radius 1 is 1.22 bits per heavy atom. The predicted octanol–water partition coefficient (Wildman–Crippen LogP) is 0.560. The van der Waals surface area contributed by atoms with E-state index in [1.807, 2.05) is 30.3 Å². The first-order chi connectivity index (χ1) is 8.75. The van der Waals surface area contributed by atoms with Gasteiger partial charge in [-0.05, 0) is 5.56 Å². The second-order valence-electron chi connectivity index (χ2n) is 3.81. The first kappa shape index (κ1) is 12.0. The van der Waals surface area contributed by atoms with Crippen molar-refractivity contribution in [2.45, 2.75) is 13.1 Å². The number of rotatable bonds is 4. The van der Waals surface area contributed by atoms with E-state index in [2.05, 4.69) is 10.3 Å². The molecular weight excluding hydrogens is 230 g/mol. The molecule has 0 spiro atoms. The minimum Gasteiger partial charge on any atom is -0.350 e. The van der Waals surface area contributed by atoms with Gasteiger partial charge in [0.1, 0.15) is 6.54 Å². The van der Waals surface area contributed by atoms with Crippen LogP contribution in [-0.4, -0.2) is 15.5 Å². The Bertz CT molecular complexity index is 578. The van der Waals surface area contributed by atoms with Gasteiger partial charge in [0.05, 0.1) is 6.33 Å². The Morgan fingerprint density at radius 3 is 2.72 bits per heavy atom. The summed E-state index contributed by atoms with van der Waals surface area (Å²) < 4.78 is 1.26. The summed E-state index contributed by atoms with van der Waals surface area (Å²) in [6.07, 6.45) is 2.76. The topological polar surface area (TPSA) is 64.0 Å². The second-order valence-corrected chi connectivity index (χ2v) is 3.81. The molecule has 92 valence electrons. The largest absolute Gasteiger partial charge is 0.350 e. The van der Waals surface area contributed by atoms with Crippen molar-refractivity contribution < 1.29 is 4.79 Å². The number of nitrogens with one attached hydrogen (secondary N) is 1. The molecule has 0 bridgehead atoms. The average molecular weight is 243 g/mol. The Balaban J connectivity index is 1.90. The van der Waals surface area contributed by atoms with E-state index in [0.717, 1.165) is 5.56 Å². The maximum atomic E-state index is 11.6. The summed E-state index contributed by atoms with van der Waals surface area (Å²) >= 11 is 0. The highest BCUT2D eigenvalue weighted by Gasteiger charge is 2.03. The summed E-state index contributed by atoms with van der Waals surface area (Å²) in [4.78, 5) is 26.8. The smallest absolute Gasteiger partial charge is 0.253 e. The van der Waals surface area contributed by atoms with Gasteiger partial charge in [0.25, 0.3) is 5.56 Å². The molecule has 0 aliphatic carbocycles. The maximum Gasteiger partial charge on any atom is 0.253 e. The third kappa shape index (κ3) is 3.28. The van der Waals surface area contributed by atoms with Crippen LogP contribution in [0.3, 0.4) is 0 Å². The Morgan fingerprint density at radius 2 is 2.00 bits per heavy atom. The number of amides is 1. The Labute approximate surface area is 104 Å². The van der Waals surface area contributed by atoms with Crippen LogP contribution in [0, 0.1) is 0 Å². The minimum atomic E-state index is -0.236. The number of carbonyl (C=O) groups is 1. The minimum absolute atomic E-state index is 0.0144. The molecule has 0 atom stereocenters. The molecule has 18 heavy (non-hydrogen) atoms. The lowest BCUT2D eigenvalue weighted by atomic mass is 10.2. The van der Waals surface area contributed by atoms with Gasteiger partial charge in [-0.25, -0.2) is 4.98 Å². The highest BCUT2D eigenvalue weighted by atomic mass is 16.2. The lowest BCUT2D eigenvalue weighted by Crippen LogP contribution is -2.31. The number of hydrogen-bond donors (Lipinski definition) is 1. The summed E-state index contributed by atoms with van der Waals surface area (Å²) in [6, 6.07) is 10.9. The average Bonchev–Trinajstić information content (AvgIpc) is 2.40. The van der Waals surface area contributed by atoms with Crippen LogP contribution in [0.25, 0.3) is 0 Å². The number of carbonyl (C=O) groups excluding carboxylic acids is 1. The third-order valence-electron chi connectivity index (χ3n) is 2.44. The Kier molecular flexibility index (Phi) is 3.86. The van der Waals surface area contributed by atoms with E-state index in [9.17, 15) is 9.59 Å². The lowest BCUT2D eigenvalue weighted by Gasteiger charge is -2.06. The molecule has 0 aliphatic rings. The van der Waals surface area contributed by atoms with Crippen LogP contribution in [-0.2, 0) is 17.9 Å². The molecule has 1 N–H and O–H groups in total. The molecule has 1 amide bonds. The highest BCUT2D eigenvalue weighted by molar-refractivity contribution is 5.75. The first-order valence-corrected chi connectivity index (χ1v) is 5.57. The van der Waals surface area contributed by atoms with Crippen molar-refractivity contribution in [3.63, 3.8) is 0 Å². The van der Waals surface area contributed by atoms with Gasteiger partial charge in [-0.2, -0.15) is 0 Å². The summed E-state index contributed by atoms with van der Waals surface area (Å²) in [5, 5.41) is 2.75. The molecule has 0 radical (unpaired) electrons. The molecule has 0 saturated carbocycles. The molecule has 5 heteroatoms.